The highest BCUT2D eigenvalue weighted by atomic mass is 16.6. The lowest BCUT2D eigenvalue weighted by molar-refractivity contribution is -0.167. The molecule has 0 aliphatic carbocycles. The number of hydrogen-bond acceptors (Lipinski definition) is 6. The summed E-state index contributed by atoms with van der Waals surface area (Å²) in [6.07, 6.45) is 70.0. The van der Waals surface area contributed by atoms with Crippen LogP contribution in [0.3, 0.4) is 0 Å². The van der Waals surface area contributed by atoms with Crippen LogP contribution < -0.4 is 0 Å². The van der Waals surface area contributed by atoms with Crippen LogP contribution in [-0.2, 0) is 28.6 Å². The van der Waals surface area contributed by atoms with Gasteiger partial charge in [0.15, 0.2) is 6.10 Å². The maximum atomic E-state index is 12.9. The lowest BCUT2D eigenvalue weighted by atomic mass is 10.0. The smallest absolute Gasteiger partial charge is 0.306 e. The molecule has 0 aliphatic heterocycles. The predicted molar refractivity (Wildman–Crippen MR) is 298 cm³/mol. The molecule has 404 valence electrons. The Morgan fingerprint density at radius 1 is 0.304 bits per heavy atom. The average Bonchev–Trinajstić information content (AvgIpc) is 3.35. The van der Waals surface area contributed by atoms with E-state index in [4.69, 9.17) is 14.2 Å². The number of unbranched alkanes of at least 4 members (excludes halogenated alkanes) is 39. The van der Waals surface area contributed by atoms with E-state index in [0.29, 0.717) is 19.3 Å². The molecule has 0 aromatic heterocycles. The number of rotatable bonds is 56. The van der Waals surface area contributed by atoms with Gasteiger partial charge in [0.05, 0.1) is 0 Å². The summed E-state index contributed by atoms with van der Waals surface area (Å²) >= 11 is 0. The Labute approximate surface area is 429 Å². The second-order valence-electron chi connectivity index (χ2n) is 20.6. The second kappa shape index (κ2) is 58.2. The minimum atomic E-state index is -0.775. The lowest BCUT2D eigenvalue weighted by Gasteiger charge is -2.18. The van der Waals surface area contributed by atoms with Crippen LogP contribution >= 0.6 is 0 Å². The molecule has 0 fully saturated rings. The largest absolute Gasteiger partial charge is 0.462 e. The van der Waals surface area contributed by atoms with Crippen molar-refractivity contribution >= 4 is 17.9 Å². The van der Waals surface area contributed by atoms with Crippen LogP contribution in [0.4, 0.5) is 0 Å². The van der Waals surface area contributed by atoms with E-state index in [9.17, 15) is 14.4 Å². The standard InChI is InChI=1S/C63H116O6/c1-4-7-10-13-16-19-22-25-28-30-32-35-38-41-44-47-50-53-56-62(65)68-59-60(58-67-61(64)55-52-49-46-43-40-37-34-27-24-21-18-15-12-9-6-3)69-63(66)57-54-51-48-45-42-39-36-33-31-29-26-23-20-17-14-11-8-5-2/h9,12,18,21,27,34,60H,4-8,10-11,13-17,19-20,22-26,28-33,35-59H2,1-3H3/b12-9+,21-18+,34-27+/t60-/m1/s1. The number of ether oxygens (including phenoxy) is 3. The lowest BCUT2D eigenvalue weighted by Crippen LogP contribution is -2.30. The van der Waals surface area contributed by atoms with E-state index < -0.39 is 6.10 Å². The first-order chi connectivity index (χ1) is 34.0. The molecule has 0 heterocycles. The minimum absolute atomic E-state index is 0.0724. The average molecular weight is 970 g/mol. The van der Waals surface area contributed by atoms with E-state index in [1.807, 2.05) is 0 Å². The Hall–Kier alpha value is -2.37. The summed E-state index contributed by atoms with van der Waals surface area (Å²) in [7, 11) is 0. The van der Waals surface area contributed by atoms with E-state index in [1.165, 1.54) is 193 Å². The van der Waals surface area contributed by atoms with Crippen LogP contribution in [-0.4, -0.2) is 37.2 Å². The number of hydrogen-bond donors (Lipinski definition) is 0. The van der Waals surface area contributed by atoms with Gasteiger partial charge in [-0.05, 0) is 51.4 Å². The van der Waals surface area contributed by atoms with E-state index in [-0.39, 0.29) is 31.1 Å². The molecule has 0 N–H and O–H groups in total. The molecule has 0 saturated heterocycles. The molecular weight excluding hydrogens is 853 g/mol. The van der Waals surface area contributed by atoms with Gasteiger partial charge in [0.1, 0.15) is 13.2 Å². The maximum absolute atomic E-state index is 12.9. The topological polar surface area (TPSA) is 78.9 Å². The van der Waals surface area contributed by atoms with Crippen LogP contribution in [0.1, 0.15) is 329 Å². The molecule has 6 nitrogen and oxygen atoms in total. The van der Waals surface area contributed by atoms with Crippen LogP contribution in [0.15, 0.2) is 36.5 Å². The van der Waals surface area contributed by atoms with Gasteiger partial charge in [-0.25, -0.2) is 0 Å². The zero-order valence-corrected chi connectivity index (χ0v) is 46.3. The molecule has 0 amide bonds. The highest BCUT2D eigenvalue weighted by Crippen LogP contribution is 2.18. The molecule has 1 atom stereocenters. The number of esters is 3. The fourth-order valence-corrected chi connectivity index (χ4v) is 9.11. The number of allylic oxidation sites excluding steroid dienone is 6. The summed E-state index contributed by atoms with van der Waals surface area (Å²) < 4.78 is 16.9. The SMILES string of the molecule is CC/C=C/C/C=C/C/C=C/CCCCCCCC(=O)OC[C@H](COC(=O)CCCCCCCCCCCCCCCCCCCC)OC(=O)CCCCCCCCCCCCCCCCCCCC. The van der Waals surface area contributed by atoms with Crippen molar-refractivity contribution in [2.24, 2.45) is 0 Å². The van der Waals surface area contributed by atoms with Gasteiger partial charge in [-0.1, -0.05) is 295 Å². The highest BCUT2D eigenvalue weighted by molar-refractivity contribution is 5.71. The fraction of sp³-hybridized carbons (Fsp3) is 0.857. The van der Waals surface area contributed by atoms with E-state index in [0.717, 1.165) is 96.3 Å². The zero-order valence-electron chi connectivity index (χ0n) is 46.3. The van der Waals surface area contributed by atoms with E-state index in [1.54, 1.807) is 0 Å². The van der Waals surface area contributed by atoms with Gasteiger partial charge in [0.25, 0.3) is 0 Å². The predicted octanol–water partition coefficient (Wildman–Crippen LogP) is 20.4. The van der Waals surface area contributed by atoms with Crippen molar-refractivity contribution in [2.75, 3.05) is 13.2 Å². The fourth-order valence-electron chi connectivity index (χ4n) is 9.11. The van der Waals surface area contributed by atoms with Crippen molar-refractivity contribution in [3.8, 4) is 0 Å². The van der Waals surface area contributed by atoms with Crippen molar-refractivity contribution < 1.29 is 28.6 Å². The second-order valence-corrected chi connectivity index (χ2v) is 20.6. The summed E-state index contributed by atoms with van der Waals surface area (Å²) in [5, 5.41) is 0. The summed E-state index contributed by atoms with van der Waals surface area (Å²) in [5.74, 6) is -0.866. The van der Waals surface area contributed by atoms with Crippen molar-refractivity contribution in [3.63, 3.8) is 0 Å². The molecule has 0 unspecified atom stereocenters. The third kappa shape index (κ3) is 56.4. The summed E-state index contributed by atoms with van der Waals surface area (Å²) in [6, 6.07) is 0. The minimum Gasteiger partial charge on any atom is -0.462 e. The molecule has 0 spiro atoms. The number of carbonyl (C=O) groups excluding carboxylic acids is 3. The Morgan fingerprint density at radius 3 is 0.884 bits per heavy atom. The monoisotopic (exact) mass is 969 g/mol. The van der Waals surface area contributed by atoms with E-state index in [2.05, 4.69) is 57.2 Å². The van der Waals surface area contributed by atoms with E-state index >= 15 is 0 Å². The summed E-state index contributed by atoms with van der Waals surface area (Å²) in [4.78, 5) is 38.2. The molecule has 0 aromatic rings. The molecule has 0 aromatic carbocycles. The van der Waals surface area contributed by atoms with Gasteiger partial charge in [-0.15, -0.1) is 0 Å². The molecule has 0 aliphatic rings. The van der Waals surface area contributed by atoms with Crippen LogP contribution in [0.5, 0.6) is 0 Å². The van der Waals surface area contributed by atoms with Gasteiger partial charge in [0.2, 0.25) is 0 Å². The maximum Gasteiger partial charge on any atom is 0.306 e. The van der Waals surface area contributed by atoms with Gasteiger partial charge < -0.3 is 14.2 Å². The Kier molecular flexibility index (Phi) is 56.2. The van der Waals surface area contributed by atoms with Gasteiger partial charge >= 0.3 is 17.9 Å². The third-order valence-corrected chi connectivity index (χ3v) is 13.7. The molecule has 69 heavy (non-hydrogen) atoms. The van der Waals surface area contributed by atoms with Crippen molar-refractivity contribution in [2.45, 2.75) is 335 Å². The van der Waals surface area contributed by atoms with Crippen molar-refractivity contribution in [3.05, 3.63) is 36.5 Å². The van der Waals surface area contributed by atoms with Gasteiger partial charge in [-0.3, -0.25) is 14.4 Å². The van der Waals surface area contributed by atoms with Crippen LogP contribution in [0.25, 0.3) is 0 Å². The Bertz CT molecular complexity index is 1160. The molecule has 0 rings (SSSR count). The summed E-state index contributed by atoms with van der Waals surface area (Å²) in [5.41, 5.74) is 0. The van der Waals surface area contributed by atoms with Crippen molar-refractivity contribution in [1.29, 1.82) is 0 Å². The van der Waals surface area contributed by atoms with Gasteiger partial charge in [-0.2, -0.15) is 0 Å². The van der Waals surface area contributed by atoms with Crippen LogP contribution in [0.2, 0.25) is 0 Å². The zero-order chi connectivity index (χ0) is 50.0. The van der Waals surface area contributed by atoms with Crippen molar-refractivity contribution in [1.82, 2.24) is 0 Å². The number of carbonyl (C=O) groups is 3. The molecule has 0 saturated carbocycles. The van der Waals surface area contributed by atoms with Crippen LogP contribution in [0, 0.1) is 0 Å². The normalized spacial score (nSPS) is 12.2. The Balaban J connectivity index is 4.33. The molecular formula is C63H116O6. The quantitative estimate of drug-likeness (QED) is 0.0261. The van der Waals surface area contributed by atoms with Gasteiger partial charge in [0, 0.05) is 19.3 Å². The molecule has 6 heteroatoms. The molecule has 0 bridgehead atoms. The Morgan fingerprint density at radius 2 is 0.565 bits per heavy atom. The first-order valence-electron chi connectivity index (χ1n) is 30.5. The third-order valence-electron chi connectivity index (χ3n) is 13.7. The first-order valence-corrected chi connectivity index (χ1v) is 30.5. The highest BCUT2D eigenvalue weighted by Gasteiger charge is 2.19. The molecule has 0 radical (unpaired) electrons. The first kappa shape index (κ1) is 66.6. The summed E-state index contributed by atoms with van der Waals surface area (Å²) in [6.45, 7) is 6.57.